The first-order valence-electron chi connectivity index (χ1n) is 6.62. The van der Waals surface area contributed by atoms with Crippen LogP contribution >= 0.6 is 0 Å². The van der Waals surface area contributed by atoms with Crippen molar-refractivity contribution >= 4 is 11.9 Å². The molecule has 0 unspecified atom stereocenters. The van der Waals surface area contributed by atoms with Gasteiger partial charge in [-0.15, -0.1) is 0 Å². The van der Waals surface area contributed by atoms with Crippen LogP contribution in [0.4, 0.5) is 0 Å². The van der Waals surface area contributed by atoms with E-state index >= 15 is 0 Å². The van der Waals surface area contributed by atoms with E-state index in [-0.39, 0.29) is 48.0 Å². The van der Waals surface area contributed by atoms with Crippen molar-refractivity contribution in [2.24, 2.45) is 0 Å². The molecule has 0 heterocycles. The van der Waals surface area contributed by atoms with Crippen molar-refractivity contribution in [3.63, 3.8) is 0 Å². The lowest BCUT2D eigenvalue weighted by atomic mass is 10.5. The monoisotopic (exact) mass is 542 g/mol. The van der Waals surface area contributed by atoms with Crippen LogP contribution in [0.15, 0.2) is 12.2 Å². The number of quaternary nitrogens is 2. The van der Waals surface area contributed by atoms with Crippen molar-refractivity contribution in [3.8, 4) is 0 Å². The summed E-state index contributed by atoms with van der Waals surface area (Å²) in [5.41, 5.74) is 0. The summed E-state index contributed by atoms with van der Waals surface area (Å²) in [6.07, 6.45) is 2.20. The maximum Gasteiger partial charge on any atom is 0.331 e. The number of carbonyl (C=O) groups excluding carboxylic acids is 2. The van der Waals surface area contributed by atoms with Crippen molar-refractivity contribution in [2.75, 3.05) is 68.6 Å². The Hall–Kier alpha value is 0.0600. The van der Waals surface area contributed by atoms with E-state index in [9.17, 15) is 9.59 Å². The molecule has 0 aromatic carbocycles. The zero-order valence-corrected chi connectivity index (χ0v) is 18.6. The standard InChI is InChI=1S/C14H28N2O4.2HI/c1-15(2,3)9-11-19-13(17)7-8-14(18)20-12-10-16(4,5)6;;/h7-8H,9-12H2,1-6H3;2*1H/q+2;;/p-2. The minimum absolute atomic E-state index is 0. The molecule has 0 spiro atoms. The molecule has 132 valence electrons. The van der Waals surface area contributed by atoms with Gasteiger partial charge in [-0.25, -0.2) is 9.59 Å². The normalized spacial score (nSPS) is 11.4. The summed E-state index contributed by atoms with van der Waals surface area (Å²) >= 11 is 0. The van der Waals surface area contributed by atoms with Crippen molar-refractivity contribution in [3.05, 3.63) is 12.2 Å². The summed E-state index contributed by atoms with van der Waals surface area (Å²) in [6, 6.07) is 0. The Balaban J connectivity index is -0.00000180. The quantitative estimate of drug-likeness (QED) is 0.133. The summed E-state index contributed by atoms with van der Waals surface area (Å²) in [4.78, 5) is 22.7. The van der Waals surface area contributed by atoms with Gasteiger partial charge in [0, 0.05) is 12.2 Å². The van der Waals surface area contributed by atoms with Gasteiger partial charge in [-0.2, -0.15) is 0 Å². The third-order valence-electron chi connectivity index (χ3n) is 2.37. The SMILES string of the molecule is C[N+](C)(C)CCOC(=O)C=CC(=O)OCC[N+](C)(C)C.[I-].[I-]. The molecule has 0 saturated carbocycles. The predicted octanol–water partition coefficient (Wildman–Crippen LogP) is -5.95. The number of ether oxygens (including phenoxy) is 2. The van der Waals surface area contributed by atoms with E-state index in [1.807, 2.05) is 42.3 Å². The van der Waals surface area contributed by atoms with Crippen molar-refractivity contribution in [1.29, 1.82) is 0 Å². The van der Waals surface area contributed by atoms with Crippen molar-refractivity contribution in [1.82, 2.24) is 0 Å². The lowest BCUT2D eigenvalue weighted by Crippen LogP contribution is -3.00. The molecule has 0 aliphatic carbocycles. The molecule has 0 aliphatic rings. The summed E-state index contributed by atoms with van der Waals surface area (Å²) in [6.45, 7) is 2.08. The van der Waals surface area contributed by atoms with Crippen LogP contribution < -0.4 is 48.0 Å². The second kappa shape index (κ2) is 12.5. The number of nitrogens with zero attached hydrogens (tertiary/aromatic N) is 2. The number of rotatable bonds is 8. The third-order valence-corrected chi connectivity index (χ3v) is 2.37. The van der Waals surface area contributed by atoms with Gasteiger partial charge in [-0.1, -0.05) is 0 Å². The average Bonchev–Trinajstić information content (AvgIpc) is 2.22. The molecule has 0 N–H and O–H groups in total. The smallest absolute Gasteiger partial charge is 0.331 e. The van der Waals surface area contributed by atoms with Crippen LogP contribution in [0.3, 0.4) is 0 Å². The zero-order chi connectivity index (χ0) is 15.8. The fourth-order valence-electron chi connectivity index (χ4n) is 1.07. The number of hydrogen-bond acceptors (Lipinski definition) is 4. The first kappa shape index (κ1) is 26.9. The first-order chi connectivity index (χ1) is 8.99. The Labute approximate surface area is 168 Å². The number of esters is 2. The van der Waals surface area contributed by atoms with Gasteiger partial charge >= 0.3 is 11.9 Å². The van der Waals surface area contributed by atoms with E-state index in [4.69, 9.17) is 9.47 Å². The summed E-state index contributed by atoms with van der Waals surface area (Å²) < 4.78 is 11.4. The first-order valence-corrected chi connectivity index (χ1v) is 6.62. The molecule has 0 radical (unpaired) electrons. The van der Waals surface area contributed by atoms with Gasteiger partial charge in [0.25, 0.3) is 0 Å². The Morgan fingerprint density at radius 3 is 1.23 bits per heavy atom. The van der Waals surface area contributed by atoms with Gasteiger partial charge in [0.05, 0.1) is 42.3 Å². The van der Waals surface area contributed by atoms with Gasteiger partial charge < -0.3 is 66.4 Å². The van der Waals surface area contributed by atoms with Gasteiger partial charge in [0.2, 0.25) is 0 Å². The molecule has 0 fully saturated rings. The van der Waals surface area contributed by atoms with Gasteiger partial charge in [0.15, 0.2) is 0 Å². The molecule has 0 aliphatic heterocycles. The highest BCUT2D eigenvalue weighted by molar-refractivity contribution is 5.91. The Kier molecular flexibility index (Phi) is 15.3. The second-order valence-electron chi connectivity index (χ2n) is 6.70. The molecule has 0 aromatic heterocycles. The molecule has 0 saturated heterocycles. The van der Waals surface area contributed by atoms with Crippen LogP contribution in [0.25, 0.3) is 0 Å². The highest BCUT2D eigenvalue weighted by Gasteiger charge is 2.09. The molecule has 22 heavy (non-hydrogen) atoms. The lowest BCUT2D eigenvalue weighted by molar-refractivity contribution is -0.870. The molecule has 0 atom stereocenters. The summed E-state index contributed by atoms with van der Waals surface area (Å²) in [5, 5.41) is 0. The summed E-state index contributed by atoms with van der Waals surface area (Å²) in [7, 11) is 12.1. The molecule has 8 heteroatoms. The van der Waals surface area contributed by atoms with Crippen LogP contribution in [-0.2, 0) is 19.1 Å². The molecular weight excluding hydrogens is 514 g/mol. The molecule has 6 nitrogen and oxygen atoms in total. The average molecular weight is 542 g/mol. The molecule has 0 bridgehead atoms. The van der Waals surface area contributed by atoms with Gasteiger partial charge in [0.1, 0.15) is 26.3 Å². The van der Waals surface area contributed by atoms with Gasteiger partial charge in [-0.05, 0) is 0 Å². The van der Waals surface area contributed by atoms with Crippen LogP contribution in [0.1, 0.15) is 0 Å². The molecule has 0 aromatic rings. The molecular formula is C14H28I2N2O4. The minimum Gasteiger partial charge on any atom is -1.00 e. The highest BCUT2D eigenvalue weighted by Crippen LogP contribution is 1.93. The molecule has 0 rings (SSSR count). The second-order valence-corrected chi connectivity index (χ2v) is 6.70. The van der Waals surface area contributed by atoms with Crippen LogP contribution in [-0.4, -0.2) is 89.5 Å². The van der Waals surface area contributed by atoms with Gasteiger partial charge in [-0.3, -0.25) is 0 Å². The van der Waals surface area contributed by atoms with E-state index in [1.54, 1.807) is 0 Å². The van der Waals surface area contributed by atoms with E-state index in [0.29, 0.717) is 35.3 Å². The number of carbonyl (C=O) groups is 2. The van der Waals surface area contributed by atoms with Crippen LogP contribution in [0.5, 0.6) is 0 Å². The minimum atomic E-state index is -0.526. The maximum atomic E-state index is 11.3. The Morgan fingerprint density at radius 1 is 0.727 bits per heavy atom. The Morgan fingerprint density at radius 2 is 1.00 bits per heavy atom. The largest absolute Gasteiger partial charge is 1.00 e. The fraction of sp³-hybridized carbons (Fsp3) is 0.714. The van der Waals surface area contributed by atoms with Crippen molar-refractivity contribution in [2.45, 2.75) is 0 Å². The van der Waals surface area contributed by atoms with E-state index < -0.39 is 11.9 Å². The van der Waals surface area contributed by atoms with E-state index in [1.165, 1.54) is 0 Å². The number of hydrogen-bond donors (Lipinski definition) is 0. The van der Waals surface area contributed by atoms with Crippen LogP contribution in [0.2, 0.25) is 0 Å². The number of likely N-dealkylation sites (N-methyl/N-ethyl adjacent to an activating group) is 2. The predicted molar refractivity (Wildman–Crippen MR) is 76.9 cm³/mol. The molecule has 0 amide bonds. The topological polar surface area (TPSA) is 52.6 Å². The number of halogens is 2. The van der Waals surface area contributed by atoms with E-state index in [0.717, 1.165) is 12.2 Å². The Bertz CT molecular complexity index is 327. The van der Waals surface area contributed by atoms with E-state index in [2.05, 4.69) is 0 Å². The third kappa shape index (κ3) is 20.1. The fourth-order valence-corrected chi connectivity index (χ4v) is 1.07. The zero-order valence-electron chi connectivity index (χ0n) is 14.3. The van der Waals surface area contributed by atoms with Crippen molar-refractivity contribution < 1.29 is 76.0 Å². The van der Waals surface area contributed by atoms with Crippen LogP contribution in [0, 0.1) is 0 Å². The summed E-state index contributed by atoms with van der Waals surface area (Å²) in [5.74, 6) is -1.05. The lowest BCUT2D eigenvalue weighted by Gasteiger charge is -2.23. The maximum absolute atomic E-state index is 11.3. The highest BCUT2D eigenvalue weighted by atomic mass is 127.